The molecule has 0 spiro atoms. The van der Waals surface area contributed by atoms with Crippen molar-refractivity contribution in [2.24, 2.45) is 0 Å². The summed E-state index contributed by atoms with van der Waals surface area (Å²) >= 11 is 1.70. The molecule has 2 heterocycles. The van der Waals surface area contributed by atoms with Gasteiger partial charge in [-0.15, -0.1) is 17.3 Å². The van der Waals surface area contributed by atoms with Gasteiger partial charge in [-0.2, -0.15) is 0 Å². The zero-order chi connectivity index (χ0) is 21.1. The summed E-state index contributed by atoms with van der Waals surface area (Å²) in [4.78, 5) is 17.1. The summed E-state index contributed by atoms with van der Waals surface area (Å²) in [6.07, 6.45) is 1.75. The number of aromatic nitrogens is 1. The van der Waals surface area contributed by atoms with Crippen LogP contribution in [0.1, 0.15) is 53.5 Å². The molecular formula is C25H23NO3S. The zero-order valence-corrected chi connectivity index (χ0v) is 17.8. The van der Waals surface area contributed by atoms with Crippen molar-refractivity contribution in [3.63, 3.8) is 0 Å². The van der Waals surface area contributed by atoms with E-state index >= 15 is 0 Å². The fourth-order valence-corrected chi connectivity index (χ4v) is 4.96. The highest BCUT2D eigenvalue weighted by molar-refractivity contribution is 7.15. The lowest BCUT2D eigenvalue weighted by Crippen LogP contribution is -2.15. The van der Waals surface area contributed by atoms with Crippen LogP contribution in [0.25, 0.3) is 10.6 Å². The van der Waals surface area contributed by atoms with Crippen molar-refractivity contribution in [2.45, 2.75) is 45.1 Å². The quantitative estimate of drug-likeness (QED) is 0.536. The van der Waals surface area contributed by atoms with Crippen molar-refractivity contribution in [1.29, 1.82) is 0 Å². The van der Waals surface area contributed by atoms with Gasteiger partial charge in [-0.1, -0.05) is 48.4 Å². The van der Waals surface area contributed by atoms with Crippen LogP contribution in [0.3, 0.4) is 0 Å². The number of aryl methyl sites for hydroxylation is 2. The number of hydrogen-bond donors (Lipinski definition) is 1. The van der Waals surface area contributed by atoms with Crippen molar-refractivity contribution in [3.8, 4) is 28.2 Å². The van der Waals surface area contributed by atoms with E-state index in [4.69, 9.17) is 9.72 Å². The molecule has 4 nitrogen and oxygen atoms in total. The van der Waals surface area contributed by atoms with Crippen LogP contribution in [0.15, 0.2) is 48.5 Å². The molecule has 1 aliphatic rings. The molecular weight excluding hydrogens is 394 g/mol. The number of rotatable bonds is 5. The molecule has 30 heavy (non-hydrogen) atoms. The number of ether oxygens (including phenoxy) is 1. The predicted molar refractivity (Wildman–Crippen MR) is 119 cm³/mol. The number of aliphatic carboxylic acids is 1. The Kier molecular flexibility index (Phi) is 5.87. The normalized spacial score (nSPS) is 16.0. The van der Waals surface area contributed by atoms with Crippen LogP contribution >= 0.6 is 11.3 Å². The molecule has 5 heteroatoms. The van der Waals surface area contributed by atoms with E-state index in [1.807, 2.05) is 37.3 Å². The summed E-state index contributed by atoms with van der Waals surface area (Å²) in [5.74, 6) is 5.60. The maximum absolute atomic E-state index is 11.2. The molecule has 1 N–H and O–H groups in total. The molecule has 152 valence electrons. The number of carbonyl (C=O) groups is 1. The van der Waals surface area contributed by atoms with E-state index in [9.17, 15) is 9.90 Å². The molecule has 2 unspecified atom stereocenters. The maximum atomic E-state index is 11.2. The summed E-state index contributed by atoms with van der Waals surface area (Å²) < 4.78 is 6.34. The van der Waals surface area contributed by atoms with Crippen LogP contribution in [-0.2, 0) is 11.2 Å². The Morgan fingerprint density at radius 1 is 1.30 bits per heavy atom. The predicted octanol–water partition coefficient (Wildman–Crippen LogP) is 5.77. The first-order chi connectivity index (χ1) is 14.5. The number of nitrogens with zero attached hydrogens (tertiary/aromatic N) is 1. The first kappa shape index (κ1) is 20.2. The molecule has 0 saturated heterocycles. The minimum absolute atomic E-state index is 0.00539. The number of thiazole rings is 1. The SMILES string of the molecule is CC#CC(CC(=O)O)c1ccc2c(c1)CCC(c1sc(-c3ccccc3)nc1C)O2. The van der Waals surface area contributed by atoms with E-state index in [-0.39, 0.29) is 18.4 Å². The Hall–Kier alpha value is -3.10. The Morgan fingerprint density at radius 2 is 2.10 bits per heavy atom. The van der Waals surface area contributed by atoms with E-state index in [0.717, 1.165) is 46.0 Å². The van der Waals surface area contributed by atoms with Gasteiger partial charge in [0.1, 0.15) is 16.9 Å². The maximum Gasteiger partial charge on any atom is 0.304 e. The van der Waals surface area contributed by atoms with Crippen LogP contribution in [-0.4, -0.2) is 16.1 Å². The molecule has 0 amide bonds. The number of carboxylic acids is 1. The van der Waals surface area contributed by atoms with Crippen molar-refractivity contribution < 1.29 is 14.6 Å². The standard InChI is InChI=1S/C25H23NO3S/c1-3-7-18(15-23(27)28)19-10-12-21-20(14-19)11-13-22(29-21)24-16(2)26-25(30-24)17-8-5-4-6-9-17/h4-6,8-10,12,14,18,22H,11,13,15H2,1-2H3,(H,27,28). The fourth-order valence-electron chi connectivity index (χ4n) is 3.82. The average molecular weight is 418 g/mol. The summed E-state index contributed by atoms with van der Waals surface area (Å²) in [6.45, 7) is 3.78. The van der Waals surface area contributed by atoms with Gasteiger partial charge in [-0.25, -0.2) is 4.98 Å². The van der Waals surface area contributed by atoms with Crippen LogP contribution in [0, 0.1) is 18.8 Å². The van der Waals surface area contributed by atoms with E-state index < -0.39 is 5.97 Å². The van der Waals surface area contributed by atoms with E-state index in [0.29, 0.717) is 0 Å². The van der Waals surface area contributed by atoms with Crippen molar-refractivity contribution in [3.05, 3.63) is 70.2 Å². The molecule has 2 atom stereocenters. The summed E-state index contributed by atoms with van der Waals surface area (Å²) in [5.41, 5.74) is 4.19. The minimum Gasteiger partial charge on any atom is -0.485 e. The molecule has 4 rings (SSSR count). The molecule has 0 aliphatic carbocycles. The molecule has 0 radical (unpaired) electrons. The fraction of sp³-hybridized carbons (Fsp3) is 0.280. The second-order valence-corrected chi connectivity index (χ2v) is 8.42. The Balaban J connectivity index is 1.57. The highest BCUT2D eigenvalue weighted by Crippen LogP contribution is 2.41. The van der Waals surface area contributed by atoms with Gasteiger partial charge in [0.25, 0.3) is 0 Å². The highest BCUT2D eigenvalue weighted by atomic mass is 32.1. The van der Waals surface area contributed by atoms with Gasteiger partial charge < -0.3 is 9.84 Å². The van der Waals surface area contributed by atoms with E-state index in [1.54, 1.807) is 18.3 Å². The van der Waals surface area contributed by atoms with Crippen LogP contribution in [0.2, 0.25) is 0 Å². The summed E-state index contributed by atoms with van der Waals surface area (Å²) in [7, 11) is 0. The van der Waals surface area contributed by atoms with Crippen molar-refractivity contribution in [2.75, 3.05) is 0 Å². The lowest BCUT2D eigenvalue weighted by atomic mass is 9.91. The second kappa shape index (κ2) is 8.73. The monoisotopic (exact) mass is 417 g/mol. The van der Waals surface area contributed by atoms with Gasteiger partial charge in [0.15, 0.2) is 0 Å². The van der Waals surface area contributed by atoms with E-state index in [1.165, 1.54) is 4.88 Å². The van der Waals surface area contributed by atoms with Gasteiger partial charge in [0.2, 0.25) is 0 Å². The van der Waals surface area contributed by atoms with Gasteiger partial charge in [-0.05, 0) is 43.9 Å². The molecule has 0 fully saturated rings. The molecule has 0 bridgehead atoms. The topological polar surface area (TPSA) is 59.4 Å². The number of carboxylic acid groups (broad SMARTS) is 1. The molecule has 1 aliphatic heterocycles. The van der Waals surface area contributed by atoms with Crippen LogP contribution in [0.4, 0.5) is 0 Å². The minimum atomic E-state index is -0.841. The summed E-state index contributed by atoms with van der Waals surface area (Å²) in [5, 5.41) is 10.2. The average Bonchev–Trinajstić information content (AvgIpc) is 3.15. The Morgan fingerprint density at radius 3 is 2.83 bits per heavy atom. The molecule has 3 aromatic rings. The lowest BCUT2D eigenvalue weighted by molar-refractivity contribution is -0.137. The highest BCUT2D eigenvalue weighted by Gasteiger charge is 2.26. The second-order valence-electron chi connectivity index (χ2n) is 7.39. The van der Waals surface area contributed by atoms with Crippen LogP contribution in [0.5, 0.6) is 5.75 Å². The third-order valence-corrected chi connectivity index (χ3v) is 6.57. The van der Waals surface area contributed by atoms with Crippen molar-refractivity contribution >= 4 is 17.3 Å². The van der Waals surface area contributed by atoms with E-state index in [2.05, 4.69) is 30.0 Å². The third kappa shape index (κ3) is 4.24. The van der Waals surface area contributed by atoms with Gasteiger partial charge in [-0.3, -0.25) is 4.79 Å². The van der Waals surface area contributed by atoms with Gasteiger partial charge >= 0.3 is 5.97 Å². The first-order valence-electron chi connectivity index (χ1n) is 10.0. The third-order valence-electron chi connectivity index (χ3n) is 5.27. The smallest absolute Gasteiger partial charge is 0.304 e. The zero-order valence-electron chi connectivity index (χ0n) is 17.0. The van der Waals surface area contributed by atoms with Gasteiger partial charge in [0.05, 0.1) is 22.9 Å². The Labute approximate surface area is 180 Å². The van der Waals surface area contributed by atoms with Crippen molar-refractivity contribution in [1.82, 2.24) is 4.98 Å². The Bertz CT molecular complexity index is 1120. The van der Waals surface area contributed by atoms with Crippen LogP contribution < -0.4 is 4.74 Å². The number of benzene rings is 2. The number of hydrogen-bond acceptors (Lipinski definition) is 4. The first-order valence-corrected chi connectivity index (χ1v) is 10.8. The lowest BCUT2D eigenvalue weighted by Gasteiger charge is -2.26. The van der Waals surface area contributed by atoms with Gasteiger partial charge in [0, 0.05) is 5.56 Å². The molecule has 2 aromatic carbocycles. The molecule has 1 aromatic heterocycles. The largest absolute Gasteiger partial charge is 0.485 e. The molecule has 0 saturated carbocycles. The number of fused-ring (bicyclic) bond motifs is 1. The summed E-state index contributed by atoms with van der Waals surface area (Å²) in [6, 6.07) is 16.2.